The Kier molecular flexibility index (Phi) is 8.65. The molecule has 0 saturated carbocycles. The second-order valence-electron chi connectivity index (χ2n) is 7.52. The van der Waals surface area contributed by atoms with E-state index in [0.29, 0.717) is 59.7 Å². The van der Waals surface area contributed by atoms with E-state index < -0.39 is 6.04 Å². The molecule has 0 unspecified atom stereocenters. The van der Waals surface area contributed by atoms with Gasteiger partial charge in [-0.25, -0.2) is 0 Å². The smallest absolute Gasteiger partial charge is 0.242 e. The first-order chi connectivity index (χ1) is 15.4. The fraction of sp³-hybridized carbons (Fsp3) is 0.417. The molecule has 1 aliphatic heterocycles. The summed E-state index contributed by atoms with van der Waals surface area (Å²) in [4.78, 5) is 27.6. The Labute approximate surface area is 198 Å². The Morgan fingerprint density at radius 2 is 1.75 bits per heavy atom. The molecule has 6 nitrogen and oxygen atoms in total. The molecular weight excluding hydrogens is 451 g/mol. The highest BCUT2D eigenvalue weighted by Gasteiger charge is 2.29. The quantitative estimate of drug-likeness (QED) is 0.569. The average molecular weight is 479 g/mol. The zero-order chi connectivity index (χ0) is 23.1. The van der Waals surface area contributed by atoms with Crippen LogP contribution in [0.2, 0.25) is 10.0 Å². The minimum absolute atomic E-state index is 0.144. The molecule has 0 aliphatic carbocycles. The third-order valence-electron chi connectivity index (χ3n) is 5.36. The summed E-state index contributed by atoms with van der Waals surface area (Å²) in [6, 6.07) is 10.3. The number of benzene rings is 2. The van der Waals surface area contributed by atoms with E-state index in [0.717, 1.165) is 5.56 Å². The van der Waals surface area contributed by atoms with Crippen molar-refractivity contribution >= 4 is 35.0 Å². The lowest BCUT2D eigenvalue weighted by molar-refractivity contribution is -0.141. The zero-order valence-corrected chi connectivity index (χ0v) is 19.8. The lowest BCUT2D eigenvalue weighted by Crippen LogP contribution is -2.49. The van der Waals surface area contributed by atoms with Crippen molar-refractivity contribution in [3.05, 3.63) is 57.6 Å². The van der Waals surface area contributed by atoms with Gasteiger partial charge >= 0.3 is 0 Å². The number of amides is 2. The lowest BCUT2D eigenvalue weighted by atomic mass is 10.1. The highest BCUT2D eigenvalue weighted by Crippen LogP contribution is 2.31. The van der Waals surface area contributed by atoms with Gasteiger partial charge in [0, 0.05) is 35.1 Å². The first-order valence-electron chi connectivity index (χ1n) is 10.8. The molecule has 2 amide bonds. The Hall–Kier alpha value is -2.44. The molecule has 0 saturated heterocycles. The van der Waals surface area contributed by atoms with Gasteiger partial charge in [0.15, 0.2) is 11.5 Å². The van der Waals surface area contributed by atoms with Gasteiger partial charge in [-0.3, -0.25) is 9.59 Å². The molecule has 3 rings (SSSR count). The third kappa shape index (κ3) is 5.87. The van der Waals surface area contributed by atoms with Gasteiger partial charge < -0.3 is 19.7 Å². The topological polar surface area (TPSA) is 67.9 Å². The number of nitrogens with one attached hydrogen (secondary N) is 1. The van der Waals surface area contributed by atoms with Crippen molar-refractivity contribution < 1.29 is 19.1 Å². The molecule has 1 heterocycles. The molecule has 0 fully saturated rings. The Morgan fingerprint density at radius 3 is 2.41 bits per heavy atom. The van der Waals surface area contributed by atoms with Crippen molar-refractivity contribution in [1.82, 2.24) is 10.2 Å². The fourth-order valence-electron chi connectivity index (χ4n) is 3.70. The van der Waals surface area contributed by atoms with E-state index in [2.05, 4.69) is 5.32 Å². The molecule has 2 aromatic rings. The molecule has 1 aliphatic rings. The number of halogens is 2. The molecule has 8 heteroatoms. The number of carbonyl (C=O) groups excluding carboxylic acids is 2. The summed E-state index contributed by atoms with van der Waals surface area (Å²) in [7, 11) is 0. The number of ether oxygens (including phenoxy) is 2. The minimum Gasteiger partial charge on any atom is -0.486 e. The molecule has 0 bridgehead atoms. The van der Waals surface area contributed by atoms with Crippen LogP contribution in [-0.2, 0) is 22.6 Å². The summed E-state index contributed by atoms with van der Waals surface area (Å²) in [5, 5.41) is 3.76. The predicted octanol–water partition coefficient (Wildman–Crippen LogP) is 4.64. The summed E-state index contributed by atoms with van der Waals surface area (Å²) in [6.45, 7) is 5.42. The second kappa shape index (κ2) is 11.4. The monoisotopic (exact) mass is 478 g/mol. The highest BCUT2D eigenvalue weighted by atomic mass is 35.5. The summed E-state index contributed by atoms with van der Waals surface area (Å²) in [5.74, 6) is 1.07. The van der Waals surface area contributed by atoms with Gasteiger partial charge in [-0.05, 0) is 49.6 Å². The fourth-order valence-corrected chi connectivity index (χ4v) is 4.22. The van der Waals surface area contributed by atoms with Gasteiger partial charge in [0.25, 0.3) is 0 Å². The van der Waals surface area contributed by atoms with E-state index >= 15 is 0 Å². The molecular formula is C24H28Cl2N2O4. The first-order valence-corrected chi connectivity index (χ1v) is 11.6. The van der Waals surface area contributed by atoms with Crippen molar-refractivity contribution in [3.8, 4) is 11.5 Å². The van der Waals surface area contributed by atoms with Crippen molar-refractivity contribution in [1.29, 1.82) is 0 Å². The summed E-state index contributed by atoms with van der Waals surface area (Å²) in [6.07, 6.45) is 1.22. The van der Waals surface area contributed by atoms with Crippen LogP contribution in [0, 0.1) is 0 Å². The average Bonchev–Trinajstić information content (AvgIpc) is 2.79. The molecule has 1 atom stereocenters. The first kappa shape index (κ1) is 24.2. The minimum atomic E-state index is -0.616. The maximum atomic E-state index is 13.3. The molecule has 1 N–H and O–H groups in total. The van der Waals surface area contributed by atoms with Crippen LogP contribution in [0.5, 0.6) is 11.5 Å². The van der Waals surface area contributed by atoms with Crippen molar-refractivity contribution in [2.75, 3.05) is 19.8 Å². The van der Waals surface area contributed by atoms with Crippen LogP contribution in [0.4, 0.5) is 0 Å². The Morgan fingerprint density at radius 1 is 1.06 bits per heavy atom. The number of nitrogens with zero attached hydrogens (tertiary/aromatic N) is 1. The van der Waals surface area contributed by atoms with E-state index in [9.17, 15) is 9.59 Å². The summed E-state index contributed by atoms with van der Waals surface area (Å²) in [5.41, 5.74) is 1.59. The Bertz CT molecular complexity index is 947. The van der Waals surface area contributed by atoms with Gasteiger partial charge in [-0.2, -0.15) is 0 Å². The molecule has 32 heavy (non-hydrogen) atoms. The van der Waals surface area contributed by atoms with E-state index in [4.69, 9.17) is 32.7 Å². The number of rotatable bonds is 9. The number of hydrogen-bond acceptors (Lipinski definition) is 4. The van der Waals surface area contributed by atoms with E-state index in [1.165, 1.54) is 0 Å². The maximum absolute atomic E-state index is 13.3. The van der Waals surface area contributed by atoms with Gasteiger partial charge in [0.1, 0.15) is 19.3 Å². The van der Waals surface area contributed by atoms with Gasteiger partial charge in [-0.15, -0.1) is 0 Å². The number of fused-ring (bicyclic) bond motifs is 1. The van der Waals surface area contributed by atoms with Crippen LogP contribution in [0.1, 0.15) is 37.8 Å². The van der Waals surface area contributed by atoms with Crippen LogP contribution < -0.4 is 14.8 Å². The highest BCUT2D eigenvalue weighted by molar-refractivity contribution is 6.36. The SMILES string of the molecule is CCNC(=O)[C@H](CC)N(Cc1c(Cl)cccc1Cl)C(=O)CCc1ccc2c(c1)OCCO2. The number of likely N-dealkylation sites (N-methyl/N-ethyl adjacent to an activating group) is 1. The third-order valence-corrected chi connectivity index (χ3v) is 6.07. The van der Waals surface area contributed by atoms with Crippen molar-refractivity contribution in [2.45, 2.75) is 45.7 Å². The molecule has 2 aromatic carbocycles. The van der Waals surface area contributed by atoms with Gasteiger partial charge in [0.2, 0.25) is 11.8 Å². The maximum Gasteiger partial charge on any atom is 0.242 e. The zero-order valence-electron chi connectivity index (χ0n) is 18.3. The van der Waals surface area contributed by atoms with Crippen LogP contribution in [0.25, 0.3) is 0 Å². The molecule has 0 radical (unpaired) electrons. The summed E-state index contributed by atoms with van der Waals surface area (Å²) < 4.78 is 11.2. The van der Waals surface area contributed by atoms with E-state index in [1.54, 1.807) is 23.1 Å². The van der Waals surface area contributed by atoms with E-state index in [-0.39, 0.29) is 24.8 Å². The number of aryl methyl sites for hydroxylation is 1. The summed E-state index contributed by atoms with van der Waals surface area (Å²) >= 11 is 12.7. The molecule has 172 valence electrons. The number of hydrogen-bond donors (Lipinski definition) is 1. The number of carbonyl (C=O) groups is 2. The van der Waals surface area contributed by atoms with Crippen molar-refractivity contribution in [2.24, 2.45) is 0 Å². The van der Waals surface area contributed by atoms with Crippen molar-refractivity contribution in [3.63, 3.8) is 0 Å². The Balaban J connectivity index is 1.80. The normalized spacial score (nSPS) is 13.4. The van der Waals surface area contributed by atoms with E-state index in [1.807, 2.05) is 32.0 Å². The van der Waals surface area contributed by atoms with Crippen LogP contribution >= 0.6 is 23.2 Å². The lowest BCUT2D eigenvalue weighted by Gasteiger charge is -2.31. The van der Waals surface area contributed by atoms with Gasteiger partial charge in [0.05, 0.1) is 0 Å². The largest absolute Gasteiger partial charge is 0.486 e. The van der Waals surface area contributed by atoms with Crippen LogP contribution in [0.15, 0.2) is 36.4 Å². The second-order valence-corrected chi connectivity index (χ2v) is 8.33. The van der Waals surface area contributed by atoms with Gasteiger partial charge in [-0.1, -0.05) is 42.3 Å². The molecule has 0 aromatic heterocycles. The van der Waals surface area contributed by atoms with Crippen LogP contribution in [-0.4, -0.2) is 42.5 Å². The van der Waals surface area contributed by atoms with Crippen LogP contribution in [0.3, 0.4) is 0 Å². The predicted molar refractivity (Wildman–Crippen MR) is 126 cm³/mol. The molecule has 0 spiro atoms. The standard InChI is InChI=1S/C24H28Cl2N2O4/c1-3-20(24(30)27-4-2)28(15-17-18(25)6-5-7-19(17)26)23(29)11-9-16-8-10-21-22(14-16)32-13-12-31-21/h5-8,10,14,20H,3-4,9,11-13,15H2,1-2H3,(H,27,30)/t20-/m0/s1.